The van der Waals surface area contributed by atoms with E-state index in [-0.39, 0.29) is 5.41 Å². The van der Waals surface area contributed by atoms with Crippen LogP contribution in [0, 0.1) is 5.41 Å². The predicted octanol–water partition coefficient (Wildman–Crippen LogP) is 3.57. The van der Waals surface area contributed by atoms with Crippen molar-refractivity contribution in [1.82, 2.24) is 0 Å². The number of benzene rings is 2. The van der Waals surface area contributed by atoms with E-state index in [1.807, 2.05) is 18.2 Å². The normalized spacial score (nSPS) is 21.1. The van der Waals surface area contributed by atoms with Crippen molar-refractivity contribution in [2.75, 3.05) is 13.2 Å². The molecule has 0 saturated carbocycles. The number of nitrogens with two attached hydrogens (primary N) is 1. The molecule has 1 heterocycles. The summed E-state index contributed by atoms with van der Waals surface area (Å²) in [4.78, 5) is 0. The van der Waals surface area contributed by atoms with Gasteiger partial charge < -0.3 is 10.5 Å². The average Bonchev–Trinajstić information content (AvgIpc) is 2.49. The predicted molar refractivity (Wildman–Crippen MR) is 85.0 cm³/mol. The van der Waals surface area contributed by atoms with E-state index < -0.39 is 0 Å². The van der Waals surface area contributed by atoms with E-state index in [1.54, 1.807) is 0 Å². The van der Waals surface area contributed by atoms with E-state index in [0.29, 0.717) is 13.2 Å². The van der Waals surface area contributed by atoms with Crippen LogP contribution < -0.4 is 10.5 Å². The van der Waals surface area contributed by atoms with Crippen molar-refractivity contribution in [2.45, 2.75) is 12.8 Å². The monoisotopic (exact) mass is 331 g/mol. The molecule has 2 aromatic carbocycles. The second-order valence-electron chi connectivity index (χ2n) is 5.55. The smallest absolute Gasteiger partial charge is 0.122 e. The summed E-state index contributed by atoms with van der Waals surface area (Å²) in [5.41, 5.74) is 8.64. The molecule has 3 rings (SSSR count). The molecular weight excluding hydrogens is 314 g/mol. The summed E-state index contributed by atoms with van der Waals surface area (Å²) in [7, 11) is 0. The van der Waals surface area contributed by atoms with Gasteiger partial charge in [0, 0.05) is 16.4 Å². The minimum Gasteiger partial charge on any atom is -0.493 e. The van der Waals surface area contributed by atoms with Crippen molar-refractivity contribution in [3.63, 3.8) is 0 Å². The summed E-state index contributed by atoms with van der Waals surface area (Å²) >= 11 is 3.63. The van der Waals surface area contributed by atoms with Crippen LogP contribution in [0.15, 0.2) is 53.0 Å². The van der Waals surface area contributed by atoms with E-state index in [1.165, 1.54) is 11.1 Å². The highest BCUT2D eigenvalue weighted by Gasteiger charge is 2.35. The number of hydrogen-bond donors (Lipinski definition) is 1. The molecule has 2 aromatic rings. The second kappa shape index (κ2) is 5.58. The van der Waals surface area contributed by atoms with E-state index in [9.17, 15) is 0 Å². The lowest BCUT2D eigenvalue weighted by Gasteiger charge is -2.37. The molecule has 1 aliphatic rings. The van der Waals surface area contributed by atoms with E-state index >= 15 is 0 Å². The van der Waals surface area contributed by atoms with Gasteiger partial charge in [-0.25, -0.2) is 0 Å². The first-order chi connectivity index (χ1) is 9.72. The number of fused-ring (bicyclic) bond motifs is 1. The number of ether oxygens (including phenoxy) is 1. The maximum Gasteiger partial charge on any atom is 0.122 e. The van der Waals surface area contributed by atoms with Crippen LogP contribution in [0.25, 0.3) is 0 Å². The first kappa shape index (κ1) is 13.7. The van der Waals surface area contributed by atoms with Crippen LogP contribution in [0.5, 0.6) is 5.75 Å². The van der Waals surface area contributed by atoms with Gasteiger partial charge in [0.1, 0.15) is 5.75 Å². The maximum atomic E-state index is 6.10. The quantitative estimate of drug-likeness (QED) is 0.933. The molecule has 0 fully saturated rings. The molecule has 1 aliphatic heterocycles. The Balaban J connectivity index is 1.89. The number of para-hydroxylation sites is 1. The first-order valence-corrected chi connectivity index (χ1v) is 7.66. The van der Waals surface area contributed by atoms with Crippen molar-refractivity contribution in [3.05, 3.63) is 64.1 Å². The molecular formula is C17H18BrNO. The van der Waals surface area contributed by atoms with Gasteiger partial charge in [0.05, 0.1) is 6.61 Å². The third kappa shape index (κ3) is 2.60. The van der Waals surface area contributed by atoms with Crippen LogP contribution in [0.2, 0.25) is 0 Å². The van der Waals surface area contributed by atoms with Gasteiger partial charge in [-0.2, -0.15) is 0 Å². The number of halogens is 1. The van der Waals surface area contributed by atoms with Crippen LogP contribution >= 0.6 is 15.9 Å². The van der Waals surface area contributed by atoms with Crippen LogP contribution in [0.1, 0.15) is 11.1 Å². The molecule has 0 radical (unpaired) electrons. The maximum absolute atomic E-state index is 6.10. The lowest BCUT2D eigenvalue weighted by Crippen LogP contribution is -2.43. The van der Waals surface area contributed by atoms with Gasteiger partial charge in [0.2, 0.25) is 0 Å². The van der Waals surface area contributed by atoms with E-state index in [0.717, 1.165) is 23.1 Å². The lowest BCUT2D eigenvalue weighted by atomic mass is 9.76. The first-order valence-electron chi connectivity index (χ1n) is 6.87. The Kier molecular flexibility index (Phi) is 3.81. The zero-order valence-corrected chi connectivity index (χ0v) is 12.9. The second-order valence-corrected chi connectivity index (χ2v) is 6.40. The van der Waals surface area contributed by atoms with Gasteiger partial charge in [-0.05, 0) is 36.1 Å². The van der Waals surface area contributed by atoms with Crippen LogP contribution in [0.4, 0.5) is 0 Å². The molecule has 3 heteroatoms. The average molecular weight is 332 g/mol. The molecule has 0 saturated heterocycles. The third-order valence-corrected chi connectivity index (χ3v) is 4.80. The Labute approximate surface area is 128 Å². The van der Waals surface area contributed by atoms with Crippen LogP contribution in [-0.4, -0.2) is 13.2 Å². The van der Waals surface area contributed by atoms with Crippen LogP contribution in [-0.2, 0) is 12.8 Å². The van der Waals surface area contributed by atoms with Crippen molar-refractivity contribution in [1.29, 1.82) is 0 Å². The Morgan fingerprint density at radius 1 is 1.10 bits per heavy atom. The summed E-state index contributed by atoms with van der Waals surface area (Å²) in [6, 6.07) is 16.6. The summed E-state index contributed by atoms with van der Waals surface area (Å²) in [5, 5.41) is 0. The zero-order chi connectivity index (χ0) is 14.0. The largest absolute Gasteiger partial charge is 0.493 e. The molecule has 0 aromatic heterocycles. The van der Waals surface area contributed by atoms with Gasteiger partial charge in [-0.15, -0.1) is 0 Å². The van der Waals surface area contributed by atoms with Gasteiger partial charge in [-0.1, -0.05) is 52.3 Å². The fraction of sp³-hybridized carbons (Fsp3) is 0.294. The molecule has 2 N–H and O–H groups in total. The fourth-order valence-electron chi connectivity index (χ4n) is 2.84. The standard InChI is InChI=1S/C17H18BrNO/c18-15-7-3-1-5-13(15)9-17(11-19)10-14-6-2-4-8-16(14)20-12-17/h1-8H,9-12,19H2. The highest BCUT2D eigenvalue weighted by molar-refractivity contribution is 9.10. The molecule has 1 unspecified atom stereocenters. The number of rotatable bonds is 3. The Morgan fingerprint density at radius 2 is 1.85 bits per heavy atom. The molecule has 0 amide bonds. The van der Waals surface area contributed by atoms with Crippen molar-refractivity contribution in [2.24, 2.45) is 11.1 Å². The van der Waals surface area contributed by atoms with E-state index in [2.05, 4.69) is 46.3 Å². The molecule has 2 nitrogen and oxygen atoms in total. The fourth-order valence-corrected chi connectivity index (χ4v) is 3.26. The topological polar surface area (TPSA) is 35.2 Å². The van der Waals surface area contributed by atoms with Gasteiger partial charge in [0.15, 0.2) is 0 Å². The van der Waals surface area contributed by atoms with Crippen molar-refractivity contribution in [3.8, 4) is 5.75 Å². The molecule has 1 atom stereocenters. The summed E-state index contributed by atoms with van der Waals surface area (Å²) in [6.45, 7) is 1.31. The number of hydrogen-bond acceptors (Lipinski definition) is 2. The summed E-state index contributed by atoms with van der Waals surface area (Å²) in [5.74, 6) is 1.00. The molecule has 0 bridgehead atoms. The SMILES string of the molecule is NCC1(Cc2ccccc2Br)COc2ccccc2C1. The summed E-state index contributed by atoms with van der Waals surface area (Å²) < 4.78 is 7.09. The lowest BCUT2D eigenvalue weighted by molar-refractivity contribution is 0.126. The van der Waals surface area contributed by atoms with Gasteiger partial charge in [-0.3, -0.25) is 0 Å². The summed E-state index contributed by atoms with van der Waals surface area (Å²) in [6.07, 6.45) is 1.90. The highest BCUT2D eigenvalue weighted by atomic mass is 79.9. The molecule has 0 spiro atoms. The zero-order valence-electron chi connectivity index (χ0n) is 11.3. The Bertz CT molecular complexity index is 613. The van der Waals surface area contributed by atoms with Gasteiger partial charge >= 0.3 is 0 Å². The van der Waals surface area contributed by atoms with E-state index in [4.69, 9.17) is 10.5 Å². The molecule has 20 heavy (non-hydrogen) atoms. The minimum absolute atomic E-state index is 0.0156. The third-order valence-electron chi connectivity index (χ3n) is 4.03. The highest BCUT2D eigenvalue weighted by Crippen LogP contribution is 2.37. The minimum atomic E-state index is -0.0156. The Hall–Kier alpha value is -1.32. The van der Waals surface area contributed by atoms with Crippen LogP contribution in [0.3, 0.4) is 0 Å². The van der Waals surface area contributed by atoms with Crippen molar-refractivity contribution < 1.29 is 4.74 Å². The molecule has 0 aliphatic carbocycles. The van der Waals surface area contributed by atoms with Gasteiger partial charge in [0.25, 0.3) is 0 Å². The molecule has 104 valence electrons. The van der Waals surface area contributed by atoms with Crippen molar-refractivity contribution >= 4 is 15.9 Å². The Morgan fingerprint density at radius 3 is 2.65 bits per heavy atom.